The fourth-order valence-electron chi connectivity index (χ4n) is 2.51. The van der Waals surface area contributed by atoms with Crippen LogP contribution in [0.4, 0.5) is 0 Å². The molecule has 4 nitrogen and oxygen atoms in total. The molecule has 1 aliphatic carbocycles. The molecule has 0 aliphatic heterocycles. The van der Waals surface area contributed by atoms with E-state index in [1.165, 1.54) is 0 Å². The quantitative estimate of drug-likeness (QED) is 0.846. The number of nitrogens with zero attached hydrogens (tertiary/aromatic N) is 2. The van der Waals surface area contributed by atoms with Gasteiger partial charge in [-0.05, 0) is 26.8 Å². The summed E-state index contributed by atoms with van der Waals surface area (Å²) in [5.41, 5.74) is 0.423. The topological polar surface area (TPSA) is 49.5 Å². The molecule has 4 heteroatoms. The molecule has 2 rings (SSSR count). The Hall–Kier alpha value is -0.870. The van der Waals surface area contributed by atoms with Gasteiger partial charge in [0.1, 0.15) is 0 Å². The van der Waals surface area contributed by atoms with Gasteiger partial charge in [-0.3, -0.25) is 4.90 Å². The maximum Gasteiger partial charge on any atom is 0.150 e. The van der Waals surface area contributed by atoms with Gasteiger partial charge in [0.2, 0.25) is 0 Å². The highest BCUT2D eigenvalue weighted by Gasteiger charge is 2.32. The molecule has 0 unspecified atom stereocenters. The maximum atomic E-state index is 10.3. The van der Waals surface area contributed by atoms with E-state index in [1.54, 1.807) is 0 Å². The van der Waals surface area contributed by atoms with Crippen LogP contribution in [0.2, 0.25) is 0 Å². The van der Waals surface area contributed by atoms with E-state index in [0.717, 1.165) is 37.1 Å². The second-order valence-corrected chi connectivity index (χ2v) is 5.04. The van der Waals surface area contributed by atoms with E-state index in [1.807, 2.05) is 20.0 Å². The zero-order valence-corrected chi connectivity index (χ0v) is 10.1. The minimum absolute atomic E-state index is 0.482. The highest BCUT2D eigenvalue weighted by molar-refractivity contribution is 5.03. The Balaban J connectivity index is 1.86. The summed E-state index contributed by atoms with van der Waals surface area (Å²) in [7, 11) is 2.01. The van der Waals surface area contributed by atoms with Crippen LogP contribution in [-0.2, 0) is 6.54 Å². The molecule has 1 aromatic heterocycles. The Labute approximate surface area is 96.2 Å². The number of aliphatic hydroxyl groups is 1. The standard InChI is InChI=1S/C12H20N2O2/c1-10-7-11(16-13-10)8-14(2)9-12(15)5-3-4-6-12/h7,15H,3-6,8-9H2,1-2H3. The molecule has 1 aliphatic rings. The van der Waals surface area contributed by atoms with Gasteiger partial charge in [-0.1, -0.05) is 18.0 Å². The van der Waals surface area contributed by atoms with Gasteiger partial charge in [0.25, 0.3) is 0 Å². The molecule has 0 aromatic carbocycles. The fourth-order valence-corrected chi connectivity index (χ4v) is 2.51. The van der Waals surface area contributed by atoms with Crippen molar-refractivity contribution in [2.45, 2.75) is 44.8 Å². The number of hydrogen-bond donors (Lipinski definition) is 1. The number of aryl methyl sites for hydroxylation is 1. The molecule has 1 heterocycles. The van der Waals surface area contributed by atoms with Gasteiger partial charge in [0.05, 0.1) is 17.8 Å². The smallest absolute Gasteiger partial charge is 0.150 e. The van der Waals surface area contributed by atoms with Crippen molar-refractivity contribution in [3.8, 4) is 0 Å². The van der Waals surface area contributed by atoms with E-state index in [9.17, 15) is 5.11 Å². The summed E-state index contributed by atoms with van der Waals surface area (Å²) >= 11 is 0. The Morgan fingerprint density at radius 3 is 2.75 bits per heavy atom. The van der Waals surface area contributed by atoms with Crippen LogP contribution < -0.4 is 0 Å². The van der Waals surface area contributed by atoms with E-state index in [-0.39, 0.29) is 0 Å². The lowest BCUT2D eigenvalue weighted by atomic mass is 10.0. The molecule has 0 amide bonds. The van der Waals surface area contributed by atoms with Crippen molar-refractivity contribution < 1.29 is 9.63 Å². The molecule has 0 saturated heterocycles. The molecule has 16 heavy (non-hydrogen) atoms. The lowest BCUT2D eigenvalue weighted by Crippen LogP contribution is -2.38. The van der Waals surface area contributed by atoms with Crippen molar-refractivity contribution in [3.05, 3.63) is 17.5 Å². The van der Waals surface area contributed by atoms with Crippen molar-refractivity contribution >= 4 is 0 Å². The lowest BCUT2D eigenvalue weighted by molar-refractivity contribution is 0.0128. The van der Waals surface area contributed by atoms with Gasteiger partial charge >= 0.3 is 0 Å². The van der Waals surface area contributed by atoms with Crippen LogP contribution in [0.25, 0.3) is 0 Å². The van der Waals surface area contributed by atoms with Crippen molar-refractivity contribution in [3.63, 3.8) is 0 Å². The highest BCUT2D eigenvalue weighted by Crippen LogP contribution is 2.30. The van der Waals surface area contributed by atoms with Crippen LogP contribution in [0.1, 0.15) is 37.1 Å². The molecule has 1 N–H and O–H groups in total. The third-order valence-electron chi connectivity index (χ3n) is 3.20. The number of likely N-dealkylation sites (N-methyl/N-ethyl adjacent to an activating group) is 1. The van der Waals surface area contributed by atoms with E-state index >= 15 is 0 Å². The zero-order chi connectivity index (χ0) is 11.6. The Morgan fingerprint density at radius 2 is 2.19 bits per heavy atom. The average molecular weight is 224 g/mol. The van der Waals surface area contributed by atoms with E-state index < -0.39 is 5.60 Å². The highest BCUT2D eigenvalue weighted by atomic mass is 16.5. The summed E-state index contributed by atoms with van der Waals surface area (Å²) in [5.74, 6) is 0.863. The van der Waals surface area contributed by atoms with Gasteiger partial charge in [0.15, 0.2) is 5.76 Å². The molecule has 0 bridgehead atoms. The molecule has 1 fully saturated rings. The largest absolute Gasteiger partial charge is 0.389 e. The van der Waals surface area contributed by atoms with Gasteiger partial charge in [-0.25, -0.2) is 0 Å². The summed E-state index contributed by atoms with van der Waals surface area (Å²) in [4.78, 5) is 2.10. The maximum absolute atomic E-state index is 10.3. The lowest BCUT2D eigenvalue weighted by Gasteiger charge is -2.27. The summed E-state index contributed by atoms with van der Waals surface area (Å²) < 4.78 is 5.16. The summed E-state index contributed by atoms with van der Waals surface area (Å²) in [6.45, 7) is 3.34. The van der Waals surface area contributed by atoms with Gasteiger partial charge in [-0.2, -0.15) is 0 Å². The molecular weight excluding hydrogens is 204 g/mol. The van der Waals surface area contributed by atoms with Crippen LogP contribution in [0.5, 0.6) is 0 Å². The van der Waals surface area contributed by atoms with Crippen molar-refractivity contribution in [1.29, 1.82) is 0 Å². The Bertz CT molecular complexity index is 343. The molecular formula is C12H20N2O2. The first kappa shape index (κ1) is 11.6. The van der Waals surface area contributed by atoms with Crippen LogP contribution in [0.3, 0.4) is 0 Å². The summed E-state index contributed by atoms with van der Waals surface area (Å²) in [5, 5.41) is 14.1. The molecule has 0 atom stereocenters. The zero-order valence-electron chi connectivity index (χ0n) is 10.1. The molecule has 0 spiro atoms. The second kappa shape index (κ2) is 4.55. The molecule has 1 saturated carbocycles. The van der Waals surface area contributed by atoms with Crippen LogP contribution in [0.15, 0.2) is 10.6 Å². The number of hydrogen-bond acceptors (Lipinski definition) is 4. The van der Waals surface area contributed by atoms with Crippen LogP contribution >= 0.6 is 0 Å². The van der Waals surface area contributed by atoms with Crippen molar-refractivity contribution in [2.24, 2.45) is 0 Å². The van der Waals surface area contributed by atoms with E-state index in [0.29, 0.717) is 13.1 Å². The van der Waals surface area contributed by atoms with Crippen LogP contribution in [0, 0.1) is 6.92 Å². The Kier molecular flexibility index (Phi) is 3.30. The predicted octanol–water partition coefficient (Wildman–Crippen LogP) is 1.72. The minimum atomic E-state index is -0.482. The first-order chi connectivity index (χ1) is 7.57. The summed E-state index contributed by atoms with van der Waals surface area (Å²) in [6.07, 6.45) is 4.14. The van der Waals surface area contributed by atoms with E-state index in [4.69, 9.17) is 4.52 Å². The second-order valence-electron chi connectivity index (χ2n) is 5.04. The van der Waals surface area contributed by atoms with Crippen LogP contribution in [-0.4, -0.2) is 34.4 Å². The minimum Gasteiger partial charge on any atom is -0.389 e. The predicted molar refractivity (Wildman–Crippen MR) is 61.0 cm³/mol. The summed E-state index contributed by atoms with van der Waals surface area (Å²) in [6, 6.07) is 1.94. The SMILES string of the molecule is Cc1cc(CN(C)CC2(O)CCCC2)on1. The fraction of sp³-hybridized carbons (Fsp3) is 0.750. The number of aromatic nitrogens is 1. The van der Waals surface area contributed by atoms with E-state index in [2.05, 4.69) is 10.1 Å². The third kappa shape index (κ3) is 2.83. The van der Waals surface area contributed by atoms with Crippen molar-refractivity contribution in [1.82, 2.24) is 10.1 Å². The first-order valence-electron chi connectivity index (χ1n) is 5.91. The third-order valence-corrected chi connectivity index (χ3v) is 3.20. The normalized spacial score (nSPS) is 19.5. The average Bonchev–Trinajstić information content (AvgIpc) is 2.75. The van der Waals surface area contributed by atoms with Gasteiger partial charge < -0.3 is 9.63 Å². The first-order valence-corrected chi connectivity index (χ1v) is 5.91. The molecule has 0 radical (unpaired) electrons. The van der Waals surface area contributed by atoms with Gasteiger partial charge in [0, 0.05) is 12.6 Å². The molecule has 90 valence electrons. The molecule has 1 aromatic rings. The van der Waals surface area contributed by atoms with Gasteiger partial charge in [-0.15, -0.1) is 0 Å². The van der Waals surface area contributed by atoms with Crippen molar-refractivity contribution in [2.75, 3.05) is 13.6 Å². The Morgan fingerprint density at radius 1 is 1.50 bits per heavy atom. The number of rotatable bonds is 4. The monoisotopic (exact) mass is 224 g/mol.